The summed E-state index contributed by atoms with van der Waals surface area (Å²) in [6.45, 7) is 0.0726. The Morgan fingerprint density at radius 2 is 1.72 bits per heavy atom. The quantitative estimate of drug-likeness (QED) is 0.930. The fraction of sp³-hybridized carbons (Fsp3) is 0.0769. The highest BCUT2D eigenvalue weighted by molar-refractivity contribution is 9.10. The topological polar surface area (TPSA) is 35.2 Å². The number of hydrogen-bond donors (Lipinski definition) is 1. The number of nitrogens with two attached hydrogens (primary N) is 1. The van der Waals surface area contributed by atoms with Crippen LogP contribution in [0.1, 0.15) is 5.56 Å². The molecule has 0 heterocycles. The number of para-hydroxylation sites is 1. The zero-order valence-electron chi connectivity index (χ0n) is 9.29. The number of benzene rings is 2. The van der Waals surface area contributed by atoms with Crippen LogP contribution in [-0.2, 0) is 6.54 Å². The van der Waals surface area contributed by atoms with Gasteiger partial charge in [-0.05, 0) is 45.8 Å². The van der Waals surface area contributed by atoms with Gasteiger partial charge in [0.1, 0.15) is 5.75 Å². The standard InChI is InChI=1S/C13H10BrF2NO/c14-9-3-1-2-4-12(9)18-13-10(15)5-8(7-17)6-11(13)16/h1-6H,7,17H2. The molecule has 0 amide bonds. The smallest absolute Gasteiger partial charge is 0.198 e. The van der Waals surface area contributed by atoms with Gasteiger partial charge in [-0.1, -0.05) is 12.1 Å². The van der Waals surface area contributed by atoms with Gasteiger partial charge in [-0.2, -0.15) is 0 Å². The van der Waals surface area contributed by atoms with Gasteiger partial charge >= 0.3 is 0 Å². The monoisotopic (exact) mass is 313 g/mol. The molecule has 18 heavy (non-hydrogen) atoms. The third-order valence-electron chi connectivity index (χ3n) is 2.34. The summed E-state index contributed by atoms with van der Waals surface area (Å²) in [6.07, 6.45) is 0. The summed E-state index contributed by atoms with van der Waals surface area (Å²) in [5.41, 5.74) is 5.71. The number of halogens is 3. The molecule has 2 nitrogen and oxygen atoms in total. The van der Waals surface area contributed by atoms with Crippen LogP contribution in [-0.4, -0.2) is 0 Å². The van der Waals surface area contributed by atoms with E-state index in [0.717, 1.165) is 12.1 Å². The second-order valence-corrected chi connectivity index (χ2v) is 4.48. The highest BCUT2D eigenvalue weighted by Crippen LogP contribution is 2.32. The Hall–Kier alpha value is -1.46. The molecule has 0 bridgehead atoms. The molecule has 0 unspecified atom stereocenters. The fourth-order valence-electron chi connectivity index (χ4n) is 1.47. The van der Waals surface area contributed by atoms with Crippen molar-refractivity contribution in [3.63, 3.8) is 0 Å². The van der Waals surface area contributed by atoms with E-state index in [2.05, 4.69) is 15.9 Å². The second-order valence-electron chi connectivity index (χ2n) is 3.63. The summed E-state index contributed by atoms with van der Waals surface area (Å²) >= 11 is 3.24. The zero-order chi connectivity index (χ0) is 13.1. The van der Waals surface area contributed by atoms with E-state index in [0.29, 0.717) is 15.8 Å². The molecule has 0 atom stereocenters. The second kappa shape index (κ2) is 5.46. The SMILES string of the molecule is NCc1cc(F)c(Oc2ccccc2Br)c(F)c1. The van der Waals surface area contributed by atoms with Crippen molar-refractivity contribution in [1.29, 1.82) is 0 Å². The maximum Gasteiger partial charge on any atom is 0.198 e. The van der Waals surface area contributed by atoms with Crippen LogP contribution in [0.5, 0.6) is 11.5 Å². The Balaban J connectivity index is 2.38. The summed E-state index contributed by atoms with van der Waals surface area (Å²) in [7, 11) is 0. The summed E-state index contributed by atoms with van der Waals surface area (Å²) in [5.74, 6) is -1.63. The van der Waals surface area contributed by atoms with Crippen molar-refractivity contribution in [2.75, 3.05) is 0 Å². The number of hydrogen-bond acceptors (Lipinski definition) is 2. The van der Waals surface area contributed by atoms with Gasteiger partial charge in [0, 0.05) is 6.54 Å². The van der Waals surface area contributed by atoms with E-state index >= 15 is 0 Å². The molecule has 0 aromatic heterocycles. The first-order chi connectivity index (χ1) is 8.61. The van der Waals surface area contributed by atoms with Crippen molar-refractivity contribution in [3.05, 3.63) is 58.1 Å². The highest BCUT2D eigenvalue weighted by Gasteiger charge is 2.14. The Labute approximate surface area is 112 Å². The van der Waals surface area contributed by atoms with Gasteiger partial charge in [-0.25, -0.2) is 8.78 Å². The van der Waals surface area contributed by atoms with Crippen molar-refractivity contribution < 1.29 is 13.5 Å². The van der Waals surface area contributed by atoms with E-state index in [9.17, 15) is 8.78 Å². The first-order valence-corrected chi connectivity index (χ1v) is 6.01. The minimum Gasteiger partial charge on any atom is -0.450 e. The summed E-state index contributed by atoms with van der Waals surface area (Å²) in [6, 6.07) is 9.15. The van der Waals surface area contributed by atoms with E-state index in [-0.39, 0.29) is 6.54 Å². The van der Waals surface area contributed by atoms with Crippen LogP contribution in [0.3, 0.4) is 0 Å². The first kappa shape index (κ1) is 13.0. The normalized spacial score (nSPS) is 10.4. The molecule has 0 radical (unpaired) electrons. The van der Waals surface area contributed by atoms with Crippen LogP contribution in [0.15, 0.2) is 40.9 Å². The molecule has 0 aliphatic carbocycles. The molecule has 0 saturated carbocycles. The number of ether oxygens (including phenoxy) is 1. The van der Waals surface area contributed by atoms with Gasteiger partial charge in [0.05, 0.1) is 4.47 Å². The molecule has 2 aromatic rings. The lowest BCUT2D eigenvalue weighted by atomic mass is 10.2. The molecule has 2 N–H and O–H groups in total. The van der Waals surface area contributed by atoms with Crippen molar-refractivity contribution in [2.24, 2.45) is 5.73 Å². The highest BCUT2D eigenvalue weighted by atomic mass is 79.9. The Morgan fingerprint density at radius 1 is 1.11 bits per heavy atom. The summed E-state index contributed by atoms with van der Waals surface area (Å²) in [5, 5.41) is 0. The minimum absolute atomic E-state index is 0.0726. The average molecular weight is 314 g/mol. The van der Waals surface area contributed by atoms with Gasteiger partial charge in [0.2, 0.25) is 0 Å². The molecule has 2 rings (SSSR count). The van der Waals surface area contributed by atoms with Crippen molar-refractivity contribution in [3.8, 4) is 11.5 Å². The van der Waals surface area contributed by atoms with E-state index in [1.165, 1.54) is 0 Å². The third-order valence-corrected chi connectivity index (χ3v) is 3.00. The summed E-state index contributed by atoms with van der Waals surface area (Å²) in [4.78, 5) is 0. The minimum atomic E-state index is -0.772. The maximum atomic E-state index is 13.7. The van der Waals surface area contributed by atoms with Gasteiger partial charge in [0.15, 0.2) is 17.4 Å². The molecule has 2 aromatic carbocycles. The molecule has 0 aliphatic heterocycles. The lowest BCUT2D eigenvalue weighted by Gasteiger charge is -2.10. The van der Waals surface area contributed by atoms with Crippen LogP contribution < -0.4 is 10.5 Å². The van der Waals surface area contributed by atoms with Gasteiger partial charge in [0.25, 0.3) is 0 Å². The number of rotatable bonds is 3. The predicted molar refractivity (Wildman–Crippen MR) is 68.5 cm³/mol. The molecule has 0 aliphatic rings. The third kappa shape index (κ3) is 2.68. The van der Waals surface area contributed by atoms with Gasteiger partial charge < -0.3 is 10.5 Å². The van der Waals surface area contributed by atoms with Gasteiger partial charge in [-0.3, -0.25) is 0 Å². The van der Waals surface area contributed by atoms with Crippen LogP contribution in [0.2, 0.25) is 0 Å². The Morgan fingerprint density at radius 3 is 2.28 bits per heavy atom. The predicted octanol–water partition coefficient (Wildman–Crippen LogP) is 3.98. The molecule has 5 heteroatoms. The van der Waals surface area contributed by atoms with Crippen LogP contribution in [0, 0.1) is 11.6 Å². The maximum absolute atomic E-state index is 13.7. The zero-order valence-corrected chi connectivity index (χ0v) is 10.9. The molecular formula is C13H10BrF2NO. The molecular weight excluding hydrogens is 304 g/mol. The summed E-state index contributed by atoms with van der Waals surface area (Å²) < 4.78 is 33.2. The van der Waals surface area contributed by atoms with E-state index in [1.54, 1.807) is 24.3 Å². The molecule has 0 fully saturated rings. The lowest BCUT2D eigenvalue weighted by molar-refractivity contribution is 0.404. The van der Waals surface area contributed by atoms with E-state index < -0.39 is 17.4 Å². The van der Waals surface area contributed by atoms with E-state index in [1.807, 2.05) is 0 Å². The van der Waals surface area contributed by atoms with Crippen molar-refractivity contribution in [1.82, 2.24) is 0 Å². The molecule has 94 valence electrons. The first-order valence-electron chi connectivity index (χ1n) is 5.22. The van der Waals surface area contributed by atoms with Crippen molar-refractivity contribution >= 4 is 15.9 Å². The van der Waals surface area contributed by atoms with Crippen molar-refractivity contribution in [2.45, 2.75) is 6.54 Å². The van der Waals surface area contributed by atoms with E-state index in [4.69, 9.17) is 10.5 Å². The average Bonchev–Trinajstić information content (AvgIpc) is 2.35. The van der Waals surface area contributed by atoms with Crippen LogP contribution in [0.25, 0.3) is 0 Å². The van der Waals surface area contributed by atoms with Crippen LogP contribution in [0.4, 0.5) is 8.78 Å². The Bertz CT molecular complexity index is 552. The fourth-order valence-corrected chi connectivity index (χ4v) is 1.83. The largest absolute Gasteiger partial charge is 0.450 e. The van der Waals surface area contributed by atoms with Gasteiger partial charge in [-0.15, -0.1) is 0 Å². The lowest BCUT2D eigenvalue weighted by Crippen LogP contribution is -2.00. The molecule has 0 saturated heterocycles. The Kier molecular flexibility index (Phi) is 3.93. The van der Waals surface area contributed by atoms with Crippen LogP contribution >= 0.6 is 15.9 Å². The molecule has 0 spiro atoms.